The van der Waals surface area contributed by atoms with Crippen molar-refractivity contribution in [1.29, 1.82) is 0 Å². The number of hydrogen-bond donors (Lipinski definition) is 0. The molecule has 0 aromatic heterocycles. The van der Waals surface area contributed by atoms with Crippen molar-refractivity contribution in [3.63, 3.8) is 0 Å². The molecule has 0 radical (unpaired) electrons. The van der Waals surface area contributed by atoms with Crippen molar-refractivity contribution in [3.05, 3.63) is 36.5 Å². The Morgan fingerprint density at radius 1 is 1.17 bits per heavy atom. The Bertz CT molecular complexity index is 671. The highest BCUT2D eigenvalue weighted by Crippen LogP contribution is 2.36. The minimum Gasteiger partial charge on any atom is -0.466 e. The molecule has 1 heterocycles. The third-order valence-corrected chi connectivity index (χ3v) is 9.60. The highest BCUT2D eigenvalue weighted by molar-refractivity contribution is 6.74. The summed E-state index contributed by atoms with van der Waals surface area (Å²) in [7, 11) is -0.562. The summed E-state index contributed by atoms with van der Waals surface area (Å²) in [6.45, 7) is 15.4. The smallest absolute Gasteiger partial charge is 0.331 e. The maximum Gasteiger partial charge on any atom is 0.331 e. The number of ether oxygens (including phenoxy) is 4. The molecule has 0 bridgehead atoms. The first-order valence-electron chi connectivity index (χ1n) is 10.0. The topological polar surface area (TPSA) is 80.3 Å². The molecule has 30 heavy (non-hydrogen) atoms. The van der Waals surface area contributed by atoms with Gasteiger partial charge in [0.25, 0.3) is 0 Å². The Labute approximate surface area is 181 Å². The number of esters is 2. The SMILES string of the molecule is COC(=O)/C=C/C(=O)O[C@@H](/C=C/C=C/CO[Si](C)(C)C(C)(C)C)[C@H]1COC(C)(C)O1. The molecule has 1 rings (SSSR count). The van der Waals surface area contributed by atoms with E-state index >= 15 is 0 Å². The van der Waals surface area contributed by atoms with Crippen LogP contribution in [-0.4, -0.2) is 58.6 Å². The second-order valence-electron chi connectivity index (χ2n) is 9.01. The van der Waals surface area contributed by atoms with Crippen LogP contribution in [-0.2, 0) is 33.0 Å². The lowest BCUT2D eigenvalue weighted by Gasteiger charge is -2.35. The molecule has 1 aliphatic rings. The van der Waals surface area contributed by atoms with E-state index in [1.54, 1.807) is 26.0 Å². The zero-order valence-electron chi connectivity index (χ0n) is 19.4. The summed E-state index contributed by atoms with van der Waals surface area (Å²) in [6, 6.07) is 0. The Kier molecular flexibility index (Phi) is 9.68. The van der Waals surface area contributed by atoms with E-state index in [-0.39, 0.29) is 11.6 Å². The first-order chi connectivity index (χ1) is 13.8. The molecule has 0 N–H and O–H groups in total. The highest BCUT2D eigenvalue weighted by Gasteiger charge is 2.38. The van der Waals surface area contributed by atoms with Gasteiger partial charge in [0, 0.05) is 12.2 Å². The van der Waals surface area contributed by atoms with Crippen molar-refractivity contribution >= 4 is 20.3 Å². The molecule has 0 amide bonds. The van der Waals surface area contributed by atoms with Crippen molar-refractivity contribution < 1.29 is 33.0 Å². The summed E-state index contributed by atoms with van der Waals surface area (Å²) in [5.74, 6) is -2.06. The van der Waals surface area contributed by atoms with Gasteiger partial charge in [0.15, 0.2) is 14.1 Å². The Morgan fingerprint density at radius 3 is 2.33 bits per heavy atom. The van der Waals surface area contributed by atoms with Gasteiger partial charge < -0.3 is 23.4 Å². The molecule has 0 saturated carbocycles. The summed E-state index contributed by atoms with van der Waals surface area (Å²) in [5, 5.41) is 0.153. The van der Waals surface area contributed by atoms with E-state index in [0.29, 0.717) is 6.61 Å². The quantitative estimate of drug-likeness (QED) is 0.233. The van der Waals surface area contributed by atoms with Gasteiger partial charge in [-0.05, 0) is 38.1 Å². The number of rotatable bonds is 9. The fourth-order valence-corrected chi connectivity index (χ4v) is 3.22. The monoisotopic (exact) mass is 440 g/mol. The minimum atomic E-state index is -1.79. The molecule has 1 aliphatic heterocycles. The number of methoxy groups -OCH3 is 1. The van der Waals surface area contributed by atoms with Gasteiger partial charge in [-0.1, -0.05) is 39.0 Å². The fraction of sp³-hybridized carbons (Fsp3) is 0.636. The van der Waals surface area contributed by atoms with E-state index < -0.39 is 38.3 Å². The van der Waals surface area contributed by atoms with Crippen LogP contribution in [0.1, 0.15) is 34.6 Å². The normalized spacial score (nSPS) is 20.9. The van der Waals surface area contributed by atoms with Gasteiger partial charge >= 0.3 is 11.9 Å². The van der Waals surface area contributed by atoms with Gasteiger partial charge in [-0.3, -0.25) is 0 Å². The van der Waals surface area contributed by atoms with Gasteiger partial charge in [0.1, 0.15) is 12.2 Å². The van der Waals surface area contributed by atoms with Crippen LogP contribution in [0.4, 0.5) is 0 Å². The summed E-state index contributed by atoms with van der Waals surface area (Å²) >= 11 is 0. The van der Waals surface area contributed by atoms with Crippen molar-refractivity contribution in [2.45, 2.75) is 70.7 Å². The molecule has 170 valence electrons. The van der Waals surface area contributed by atoms with Crippen LogP contribution < -0.4 is 0 Å². The van der Waals surface area contributed by atoms with Gasteiger partial charge in [-0.15, -0.1) is 0 Å². The van der Waals surface area contributed by atoms with Crippen molar-refractivity contribution in [2.24, 2.45) is 0 Å². The van der Waals surface area contributed by atoms with Crippen LogP contribution >= 0.6 is 0 Å². The molecule has 1 saturated heterocycles. The van der Waals surface area contributed by atoms with Crippen LogP contribution in [0.2, 0.25) is 18.1 Å². The molecule has 0 aromatic carbocycles. The van der Waals surface area contributed by atoms with Gasteiger partial charge in [0.2, 0.25) is 0 Å². The molecule has 7 nitrogen and oxygen atoms in total. The second kappa shape index (κ2) is 11.0. The lowest BCUT2D eigenvalue weighted by atomic mass is 10.2. The first kappa shape index (κ1) is 26.3. The first-order valence-corrected chi connectivity index (χ1v) is 12.9. The standard InChI is InChI=1S/C22H36O7Si/c1-21(2,3)30(7,8)27-15-11-9-10-12-17(18-16-26-22(4,5)29-18)28-20(24)14-13-19(23)25-6/h9-14,17-18H,15-16H2,1-8H3/b11-9+,12-10+,14-13+/t17-,18+/m0/s1. The third kappa shape index (κ3) is 8.95. The Hall–Kier alpha value is -1.74. The maximum absolute atomic E-state index is 12.1. The minimum absolute atomic E-state index is 0.153. The third-order valence-electron chi connectivity index (χ3n) is 5.10. The molecule has 1 fully saturated rings. The predicted octanol–water partition coefficient (Wildman–Crippen LogP) is 3.91. The van der Waals surface area contributed by atoms with Gasteiger partial charge in [-0.2, -0.15) is 0 Å². The molecule has 2 atom stereocenters. The summed E-state index contributed by atoms with van der Waals surface area (Å²) in [5.41, 5.74) is 0. The van der Waals surface area contributed by atoms with Gasteiger partial charge in [-0.25, -0.2) is 9.59 Å². The Morgan fingerprint density at radius 2 is 1.80 bits per heavy atom. The van der Waals surface area contributed by atoms with E-state index in [9.17, 15) is 9.59 Å². The van der Waals surface area contributed by atoms with E-state index in [2.05, 4.69) is 38.6 Å². The van der Waals surface area contributed by atoms with Gasteiger partial charge in [0.05, 0.1) is 20.3 Å². The van der Waals surface area contributed by atoms with E-state index in [1.165, 1.54) is 7.11 Å². The largest absolute Gasteiger partial charge is 0.466 e. The number of allylic oxidation sites excluding steroid dienone is 2. The number of hydrogen-bond acceptors (Lipinski definition) is 7. The van der Waals surface area contributed by atoms with E-state index in [4.69, 9.17) is 18.6 Å². The van der Waals surface area contributed by atoms with Crippen LogP contribution in [0, 0.1) is 0 Å². The average molecular weight is 441 g/mol. The molecular weight excluding hydrogens is 404 g/mol. The Balaban J connectivity index is 2.72. The number of carbonyl (C=O) groups is 2. The molecular formula is C22H36O7Si. The maximum atomic E-state index is 12.1. The molecule has 0 aliphatic carbocycles. The second-order valence-corrected chi connectivity index (χ2v) is 13.8. The summed E-state index contributed by atoms with van der Waals surface area (Å²) < 4.78 is 27.4. The predicted molar refractivity (Wildman–Crippen MR) is 117 cm³/mol. The zero-order valence-corrected chi connectivity index (χ0v) is 20.4. The molecule has 0 unspecified atom stereocenters. The lowest BCUT2D eigenvalue weighted by Crippen LogP contribution is -2.40. The molecule has 0 spiro atoms. The molecule has 8 heteroatoms. The lowest BCUT2D eigenvalue weighted by molar-refractivity contribution is -0.162. The van der Waals surface area contributed by atoms with Crippen molar-refractivity contribution in [2.75, 3.05) is 20.3 Å². The van der Waals surface area contributed by atoms with Crippen LogP contribution in [0.15, 0.2) is 36.5 Å². The number of carbonyl (C=O) groups excluding carboxylic acids is 2. The van der Waals surface area contributed by atoms with Crippen LogP contribution in [0.3, 0.4) is 0 Å². The zero-order chi connectivity index (χ0) is 23.0. The fourth-order valence-electron chi connectivity index (χ4n) is 2.27. The van der Waals surface area contributed by atoms with E-state index in [0.717, 1.165) is 12.2 Å². The van der Waals surface area contributed by atoms with E-state index in [1.807, 2.05) is 12.2 Å². The van der Waals surface area contributed by atoms with Crippen LogP contribution in [0.5, 0.6) is 0 Å². The van der Waals surface area contributed by atoms with Crippen molar-refractivity contribution in [1.82, 2.24) is 0 Å². The molecule has 0 aromatic rings. The summed E-state index contributed by atoms with van der Waals surface area (Å²) in [6.07, 6.45) is 8.18. The average Bonchev–Trinajstić information content (AvgIpc) is 3.00. The van der Waals surface area contributed by atoms with Crippen LogP contribution in [0.25, 0.3) is 0 Å². The highest BCUT2D eigenvalue weighted by atomic mass is 28.4. The van der Waals surface area contributed by atoms with Crippen molar-refractivity contribution in [3.8, 4) is 0 Å². The summed E-state index contributed by atoms with van der Waals surface area (Å²) in [4.78, 5) is 23.2.